The maximum absolute atomic E-state index is 5.79. The van der Waals surface area contributed by atoms with Gasteiger partial charge >= 0.3 is 0 Å². The summed E-state index contributed by atoms with van der Waals surface area (Å²) in [7, 11) is 0. The number of hydrogen-bond acceptors (Lipinski definition) is 3. The first-order valence-electron chi connectivity index (χ1n) is 5.32. The van der Waals surface area contributed by atoms with Crippen molar-refractivity contribution in [1.29, 1.82) is 0 Å². The zero-order chi connectivity index (χ0) is 10.7. The number of alkyl halides is 1. The molecule has 2 nitrogen and oxygen atoms in total. The second kappa shape index (κ2) is 5.17. The van der Waals surface area contributed by atoms with Crippen molar-refractivity contribution in [2.75, 3.05) is 11.6 Å². The zero-order valence-corrected chi connectivity index (χ0v) is 10.4. The van der Waals surface area contributed by atoms with E-state index in [0.29, 0.717) is 5.92 Å². The summed E-state index contributed by atoms with van der Waals surface area (Å²) in [6.07, 6.45) is 5.19. The molecule has 1 aromatic rings. The van der Waals surface area contributed by atoms with E-state index < -0.39 is 0 Å². The summed E-state index contributed by atoms with van der Waals surface area (Å²) < 4.78 is 0. The van der Waals surface area contributed by atoms with Gasteiger partial charge in [-0.1, -0.05) is 6.92 Å². The van der Waals surface area contributed by atoms with Crippen molar-refractivity contribution in [3.63, 3.8) is 0 Å². The van der Waals surface area contributed by atoms with Gasteiger partial charge in [0.15, 0.2) is 0 Å². The Morgan fingerprint density at radius 1 is 1.47 bits per heavy atom. The van der Waals surface area contributed by atoms with E-state index in [9.17, 15) is 0 Å². The van der Waals surface area contributed by atoms with Gasteiger partial charge in [-0.2, -0.15) is 0 Å². The number of aryl methyl sites for hydroxylation is 1. The van der Waals surface area contributed by atoms with E-state index in [0.717, 1.165) is 24.5 Å². The summed E-state index contributed by atoms with van der Waals surface area (Å²) in [4.78, 5) is 8.68. The highest BCUT2D eigenvalue weighted by Gasteiger charge is 2.17. The first-order chi connectivity index (χ1) is 7.31. The first-order valence-corrected chi connectivity index (χ1v) is 6.84. The highest BCUT2D eigenvalue weighted by molar-refractivity contribution is 7.99. The van der Waals surface area contributed by atoms with Gasteiger partial charge in [-0.15, -0.1) is 23.4 Å². The van der Waals surface area contributed by atoms with Crippen LogP contribution in [0.25, 0.3) is 0 Å². The topological polar surface area (TPSA) is 25.8 Å². The summed E-state index contributed by atoms with van der Waals surface area (Å²) in [6.45, 7) is 2.17. The van der Waals surface area contributed by atoms with Gasteiger partial charge in [-0.05, 0) is 25.2 Å². The molecular formula is C11H15ClN2S. The van der Waals surface area contributed by atoms with Crippen LogP contribution >= 0.6 is 23.4 Å². The number of thioether (sulfide) groups is 1. The summed E-state index contributed by atoms with van der Waals surface area (Å²) in [5.41, 5.74) is 2.63. The van der Waals surface area contributed by atoms with E-state index in [4.69, 9.17) is 11.6 Å². The second-order valence-corrected chi connectivity index (χ2v) is 5.35. The Morgan fingerprint density at radius 2 is 2.33 bits per heavy atom. The molecule has 1 heterocycles. The highest BCUT2D eigenvalue weighted by Crippen LogP contribution is 2.29. The summed E-state index contributed by atoms with van der Waals surface area (Å²) in [6, 6.07) is 0. The van der Waals surface area contributed by atoms with Gasteiger partial charge in [0.05, 0.1) is 0 Å². The lowest BCUT2D eigenvalue weighted by Crippen LogP contribution is -2.01. The Kier molecular flexibility index (Phi) is 3.87. The quantitative estimate of drug-likeness (QED) is 0.461. The summed E-state index contributed by atoms with van der Waals surface area (Å²) in [5.74, 6) is 2.32. The monoisotopic (exact) mass is 242 g/mol. The lowest BCUT2D eigenvalue weighted by atomic mass is 10.3. The molecule has 1 aliphatic carbocycles. The van der Waals surface area contributed by atoms with Crippen LogP contribution in [0.15, 0.2) is 11.4 Å². The van der Waals surface area contributed by atoms with Crippen molar-refractivity contribution in [3.05, 3.63) is 17.6 Å². The van der Waals surface area contributed by atoms with Crippen molar-refractivity contribution in [2.45, 2.75) is 31.2 Å². The van der Waals surface area contributed by atoms with Crippen LogP contribution < -0.4 is 0 Å². The predicted octanol–water partition coefficient (Wildman–Crippen LogP) is 2.93. The van der Waals surface area contributed by atoms with Crippen molar-refractivity contribution >= 4 is 23.4 Å². The standard InChI is InChI=1S/C11H15ClN2S/c1-8(5-12)6-15-11-9-3-2-4-10(9)13-7-14-11/h7-8H,2-6H2,1H3. The molecule has 0 bridgehead atoms. The van der Waals surface area contributed by atoms with E-state index in [2.05, 4.69) is 16.9 Å². The van der Waals surface area contributed by atoms with Gasteiger partial charge in [0.1, 0.15) is 11.4 Å². The van der Waals surface area contributed by atoms with Gasteiger partial charge in [-0.3, -0.25) is 0 Å². The molecule has 0 aromatic carbocycles. The number of aromatic nitrogens is 2. The second-order valence-electron chi connectivity index (χ2n) is 4.03. The van der Waals surface area contributed by atoms with Crippen LogP contribution in [-0.2, 0) is 12.8 Å². The third-order valence-electron chi connectivity index (χ3n) is 2.60. The highest BCUT2D eigenvalue weighted by atomic mass is 35.5. The van der Waals surface area contributed by atoms with E-state index in [1.807, 2.05) is 11.8 Å². The molecule has 1 unspecified atom stereocenters. The molecular weight excluding hydrogens is 228 g/mol. The van der Waals surface area contributed by atoms with Crippen molar-refractivity contribution in [1.82, 2.24) is 9.97 Å². The predicted molar refractivity (Wildman–Crippen MR) is 64.7 cm³/mol. The molecule has 1 atom stereocenters. The van der Waals surface area contributed by atoms with Crippen LogP contribution in [0, 0.1) is 5.92 Å². The molecule has 1 aromatic heterocycles. The van der Waals surface area contributed by atoms with Gasteiger partial charge < -0.3 is 0 Å². The van der Waals surface area contributed by atoms with Gasteiger partial charge in [-0.25, -0.2) is 9.97 Å². The fourth-order valence-corrected chi connectivity index (χ4v) is 3.03. The lowest BCUT2D eigenvalue weighted by molar-refractivity contribution is 0.757. The molecule has 15 heavy (non-hydrogen) atoms. The van der Waals surface area contributed by atoms with Crippen molar-refractivity contribution < 1.29 is 0 Å². The molecule has 0 fully saturated rings. The molecule has 0 aliphatic heterocycles. The molecule has 4 heteroatoms. The van der Waals surface area contributed by atoms with Crippen LogP contribution in [0.5, 0.6) is 0 Å². The first kappa shape index (κ1) is 11.2. The molecule has 82 valence electrons. The van der Waals surface area contributed by atoms with Crippen LogP contribution in [0.1, 0.15) is 24.6 Å². The number of halogens is 1. The average molecular weight is 243 g/mol. The minimum atomic E-state index is 0.545. The Morgan fingerprint density at radius 3 is 3.13 bits per heavy atom. The SMILES string of the molecule is CC(CCl)CSc1ncnc2c1CCC2. The van der Waals surface area contributed by atoms with E-state index in [1.165, 1.54) is 22.7 Å². The molecule has 1 aliphatic rings. The fraction of sp³-hybridized carbons (Fsp3) is 0.636. The third-order valence-corrected chi connectivity index (χ3v) is 4.49. The van der Waals surface area contributed by atoms with Crippen LogP contribution in [0.3, 0.4) is 0 Å². The van der Waals surface area contributed by atoms with E-state index in [1.54, 1.807) is 6.33 Å². The van der Waals surface area contributed by atoms with Crippen LogP contribution in [0.2, 0.25) is 0 Å². The third kappa shape index (κ3) is 2.64. The van der Waals surface area contributed by atoms with Crippen molar-refractivity contribution in [3.8, 4) is 0 Å². The normalized spacial score (nSPS) is 16.4. The van der Waals surface area contributed by atoms with E-state index >= 15 is 0 Å². The Balaban J connectivity index is 2.06. The van der Waals surface area contributed by atoms with Gasteiger partial charge in [0.2, 0.25) is 0 Å². The number of nitrogens with zero attached hydrogens (tertiary/aromatic N) is 2. The van der Waals surface area contributed by atoms with Crippen LogP contribution in [-0.4, -0.2) is 21.6 Å². The molecule has 0 amide bonds. The number of hydrogen-bond donors (Lipinski definition) is 0. The molecule has 0 radical (unpaired) electrons. The smallest absolute Gasteiger partial charge is 0.116 e. The molecule has 0 saturated heterocycles. The minimum absolute atomic E-state index is 0.545. The van der Waals surface area contributed by atoms with Crippen LogP contribution in [0.4, 0.5) is 0 Å². The Labute approximate surface area is 99.8 Å². The molecule has 0 N–H and O–H groups in total. The Hall–Kier alpha value is -0.280. The zero-order valence-electron chi connectivity index (χ0n) is 8.87. The summed E-state index contributed by atoms with van der Waals surface area (Å²) >= 11 is 7.61. The van der Waals surface area contributed by atoms with Crippen molar-refractivity contribution in [2.24, 2.45) is 5.92 Å². The molecule has 2 rings (SSSR count). The van der Waals surface area contributed by atoms with Gasteiger partial charge in [0, 0.05) is 22.9 Å². The summed E-state index contributed by atoms with van der Waals surface area (Å²) in [5, 5.41) is 1.18. The van der Waals surface area contributed by atoms with E-state index in [-0.39, 0.29) is 0 Å². The Bertz CT molecular complexity index is 343. The lowest BCUT2D eigenvalue weighted by Gasteiger charge is -2.08. The minimum Gasteiger partial charge on any atom is -0.241 e. The maximum atomic E-state index is 5.79. The largest absolute Gasteiger partial charge is 0.241 e. The number of fused-ring (bicyclic) bond motifs is 1. The average Bonchev–Trinajstić information content (AvgIpc) is 2.74. The molecule has 0 saturated carbocycles. The number of rotatable bonds is 4. The maximum Gasteiger partial charge on any atom is 0.116 e. The fourth-order valence-electron chi connectivity index (χ4n) is 1.72. The van der Waals surface area contributed by atoms with Gasteiger partial charge in [0.25, 0.3) is 0 Å². The molecule has 0 spiro atoms.